The minimum Gasteiger partial charge on any atom is -0.507 e. The number of anilines is 1. The van der Waals surface area contributed by atoms with Crippen LogP contribution in [0.3, 0.4) is 0 Å². The molecule has 4 heteroatoms. The zero-order valence-electron chi connectivity index (χ0n) is 10.1. The lowest BCUT2D eigenvalue weighted by Crippen LogP contribution is -2.14. The second-order valence-electron chi connectivity index (χ2n) is 4.62. The van der Waals surface area contributed by atoms with Crippen LogP contribution in [0.15, 0.2) is 46.9 Å². The van der Waals surface area contributed by atoms with Crippen LogP contribution in [0.2, 0.25) is 0 Å². The molecule has 19 heavy (non-hydrogen) atoms. The molecule has 0 radical (unpaired) electrons. The van der Waals surface area contributed by atoms with Gasteiger partial charge >= 0.3 is 0 Å². The molecule has 0 spiro atoms. The molecule has 0 saturated carbocycles. The summed E-state index contributed by atoms with van der Waals surface area (Å²) in [6.45, 7) is 0. The van der Waals surface area contributed by atoms with Gasteiger partial charge in [-0.05, 0) is 51.7 Å². The van der Waals surface area contributed by atoms with Crippen LogP contribution in [0.4, 0.5) is 5.69 Å². The van der Waals surface area contributed by atoms with E-state index in [0.29, 0.717) is 10.9 Å². The van der Waals surface area contributed by atoms with Gasteiger partial charge in [0.15, 0.2) is 0 Å². The van der Waals surface area contributed by atoms with E-state index >= 15 is 0 Å². The Hall–Kier alpha value is -1.81. The first kappa shape index (κ1) is 12.2. The van der Waals surface area contributed by atoms with Crippen molar-refractivity contribution in [1.82, 2.24) is 0 Å². The van der Waals surface area contributed by atoms with Gasteiger partial charge in [0, 0.05) is 5.69 Å². The summed E-state index contributed by atoms with van der Waals surface area (Å²) >= 11 is 3.29. The Balaban J connectivity index is 1.91. The minimum absolute atomic E-state index is 0.0328. The molecule has 96 valence electrons. The van der Waals surface area contributed by atoms with Crippen LogP contribution >= 0.6 is 15.9 Å². The molecule has 2 aromatic carbocycles. The largest absolute Gasteiger partial charge is 0.507 e. The topological polar surface area (TPSA) is 49.3 Å². The van der Waals surface area contributed by atoms with Gasteiger partial charge in [-0.15, -0.1) is 0 Å². The van der Waals surface area contributed by atoms with Crippen LogP contribution in [-0.2, 0) is 11.2 Å². The second-order valence-corrected chi connectivity index (χ2v) is 5.47. The van der Waals surface area contributed by atoms with Gasteiger partial charge in [-0.25, -0.2) is 0 Å². The quantitative estimate of drug-likeness (QED) is 0.891. The second kappa shape index (κ2) is 4.70. The number of amides is 1. The number of aromatic hydroxyl groups is 1. The van der Waals surface area contributed by atoms with Crippen LogP contribution in [0.25, 0.3) is 0 Å². The molecule has 3 nitrogen and oxygen atoms in total. The summed E-state index contributed by atoms with van der Waals surface area (Å²) in [7, 11) is 0. The van der Waals surface area contributed by atoms with Crippen molar-refractivity contribution >= 4 is 27.5 Å². The van der Waals surface area contributed by atoms with E-state index in [-0.39, 0.29) is 17.6 Å². The maximum Gasteiger partial charge on any atom is 0.232 e. The van der Waals surface area contributed by atoms with Gasteiger partial charge in [0.05, 0.1) is 10.4 Å². The predicted octanol–water partition coefficient (Wildman–Crippen LogP) is 3.43. The molecule has 2 aromatic rings. The minimum atomic E-state index is -0.160. The number of fused-ring (bicyclic) bond motifs is 1. The summed E-state index contributed by atoms with van der Waals surface area (Å²) in [6.07, 6.45) is 0.627. The van der Waals surface area contributed by atoms with E-state index in [9.17, 15) is 9.90 Å². The van der Waals surface area contributed by atoms with E-state index in [2.05, 4.69) is 21.2 Å². The summed E-state index contributed by atoms with van der Waals surface area (Å²) in [6, 6.07) is 13.1. The van der Waals surface area contributed by atoms with Crippen LogP contribution in [-0.4, -0.2) is 11.0 Å². The number of phenolic OH excluding ortho intramolecular Hbond substituents is 1. The number of benzene rings is 2. The first-order valence-electron chi connectivity index (χ1n) is 6.02. The third-order valence-electron chi connectivity index (χ3n) is 3.36. The zero-order valence-corrected chi connectivity index (χ0v) is 11.6. The molecule has 0 bridgehead atoms. The Morgan fingerprint density at radius 2 is 2.00 bits per heavy atom. The van der Waals surface area contributed by atoms with Gasteiger partial charge in [0.2, 0.25) is 5.91 Å². The zero-order chi connectivity index (χ0) is 13.4. The van der Waals surface area contributed by atoms with Crippen molar-refractivity contribution in [2.24, 2.45) is 0 Å². The lowest BCUT2D eigenvalue weighted by Gasteiger charge is -2.09. The summed E-state index contributed by atoms with van der Waals surface area (Å²) < 4.78 is 0.650. The Morgan fingerprint density at radius 1 is 1.21 bits per heavy atom. The fourth-order valence-corrected chi connectivity index (χ4v) is 2.82. The highest BCUT2D eigenvalue weighted by molar-refractivity contribution is 9.10. The van der Waals surface area contributed by atoms with Crippen LogP contribution in [0.5, 0.6) is 5.75 Å². The van der Waals surface area contributed by atoms with Gasteiger partial charge in [-0.2, -0.15) is 0 Å². The third-order valence-corrected chi connectivity index (χ3v) is 4.00. The summed E-state index contributed by atoms with van der Waals surface area (Å²) in [5.74, 6) is 0.0815. The lowest BCUT2D eigenvalue weighted by atomic mass is 9.93. The van der Waals surface area contributed by atoms with Gasteiger partial charge in [0.25, 0.3) is 0 Å². The number of hydrogen-bond donors (Lipinski definition) is 2. The number of carbonyl (C=O) groups is 1. The van der Waals surface area contributed by atoms with Crippen LogP contribution in [0, 0.1) is 0 Å². The number of nitrogens with one attached hydrogen (secondary N) is 1. The standard InChI is InChI=1S/C15H12BrNO2/c16-12-8-9(5-6-14(12)18)7-11-10-3-1-2-4-13(10)17-15(11)19/h1-6,8,11,18H,7H2,(H,17,19). The average Bonchev–Trinajstić information content (AvgIpc) is 2.71. The van der Waals surface area contributed by atoms with E-state index in [1.165, 1.54) is 0 Å². The van der Waals surface area contributed by atoms with E-state index < -0.39 is 0 Å². The molecule has 0 saturated heterocycles. The third kappa shape index (κ3) is 2.24. The highest BCUT2D eigenvalue weighted by atomic mass is 79.9. The number of phenols is 1. The van der Waals surface area contributed by atoms with Crippen molar-refractivity contribution in [2.45, 2.75) is 12.3 Å². The molecule has 2 N–H and O–H groups in total. The smallest absolute Gasteiger partial charge is 0.232 e. The van der Waals surface area contributed by atoms with Gasteiger partial charge in [-0.1, -0.05) is 24.3 Å². The van der Waals surface area contributed by atoms with E-state index in [1.807, 2.05) is 36.4 Å². The van der Waals surface area contributed by atoms with Crippen molar-refractivity contribution in [3.05, 3.63) is 58.1 Å². The number of para-hydroxylation sites is 1. The SMILES string of the molecule is O=C1Nc2ccccc2C1Cc1ccc(O)c(Br)c1. The Morgan fingerprint density at radius 3 is 2.79 bits per heavy atom. The predicted molar refractivity (Wildman–Crippen MR) is 77.3 cm³/mol. The van der Waals surface area contributed by atoms with Crippen molar-refractivity contribution in [3.8, 4) is 5.75 Å². The summed E-state index contributed by atoms with van der Waals surface area (Å²) in [5, 5.41) is 12.4. The van der Waals surface area contributed by atoms with Gasteiger partial charge in [0.1, 0.15) is 5.75 Å². The fraction of sp³-hybridized carbons (Fsp3) is 0.133. The maximum absolute atomic E-state index is 12.0. The Labute approximate surface area is 119 Å². The van der Waals surface area contributed by atoms with E-state index in [4.69, 9.17) is 0 Å². The van der Waals surface area contributed by atoms with Crippen LogP contribution < -0.4 is 5.32 Å². The number of hydrogen-bond acceptors (Lipinski definition) is 2. The number of halogens is 1. The molecule has 1 atom stereocenters. The molecular formula is C15H12BrNO2. The normalized spacial score (nSPS) is 17.1. The molecule has 3 rings (SSSR count). The van der Waals surface area contributed by atoms with Crippen molar-refractivity contribution in [3.63, 3.8) is 0 Å². The lowest BCUT2D eigenvalue weighted by molar-refractivity contribution is -0.117. The highest BCUT2D eigenvalue weighted by Gasteiger charge is 2.30. The molecule has 1 amide bonds. The maximum atomic E-state index is 12.0. The van der Waals surface area contributed by atoms with E-state index in [0.717, 1.165) is 16.8 Å². The Bertz CT molecular complexity index is 654. The van der Waals surface area contributed by atoms with Gasteiger partial charge in [-0.3, -0.25) is 4.79 Å². The Kier molecular flexibility index (Phi) is 3.03. The van der Waals surface area contributed by atoms with Crippen molar-refractivity contribution in [1.29, 1.82) is 0 Å². The summed E-state index contributed by atoms with van der Waals surface area (Å²) in [5.41, 5.74) is 2.95. The molecule has 1 heterocycles. The number of rotatable bonds is 2. The molecule has 1 aliphatic heterocycles. The number of carbonyl (C=O) groups excluding carboxylic acids is 1. The molecule has 0 fully saturated rings. The van der Waals surface area contributed by atoms with Crippen molar-refractivity contribution in [2.75, 3.05) is 5.32 Å². The summed E-state index contributed by atoms with van der Waals surface area (Å²) in [4.78, 5) is 12.0. The van der Waals surface area contributed by atoms with Crippen LogP contribution in [0.1, 0.15) is 17.0 Å². The van der Waals surface area contributed by atoms with Crippen molar-refractivity contribution < 1.29 is 9.90 Å². The average molecular weight is 318 g/mol. The first-order valence-corrected chi connectivity index (χ1v) is 6.81. The molecular weight excluding hydrogens is 306 g/mol. The highest BCUT2D eigenvalue weighted by Crippen LogP contribution is 2.35. The first-order chi connectivity index (χ1) is 9.15. The van der Waals surface area contributed by atoms with Gasteiger partial charge < -0.3 is 10.4 Å². The van der Waals surface area contributed by atoms with E-state index in [1.54, 1.807) is 6.07 Å². The molecule has 1 aliphatic rings. The fourth-order valence-electron chi connectivity index (χ4n) is 2.39. The molecule has 0 aliphatic carbocycles. The molecule has 1 unspecified atom stereocenters. The monoisotopic (exact) mass is 317 g/mol. The molecule has 0 aromatic heterocycles.